The maximum Gasteiger partial charge on any atom is 0.345 e. The van der Waals surface area contributed by atoms with E-state index in [-0.39, 0.29) is 17.3 Å². The Bertz CT molecular complexity index is 981. The number of carbonyl (C=O) groups excluding carboxylic acids is 1. The molecule has 1 amide bonds. The Morgan fingerprint density at radius 3 is 2.53 bits per heavy atom. The number of aliphatic hydroxyl groups excluding tert-OH is 1. The third-order valence-electron chi connectivity index (χ3n) is 7.12. The molecule has 5 nitrogen and oxygen atoms in total. The quantitative estimate of drug-likeness (QED) is 0.274. The lowest BCUT2D eigenvalue weighted by molar-refractivity contribution is -0.148. The summed E-state index contributed by atoms with van der Waals surface area (Å²) in [4.78, 5) is 25.7. The maximum absolute atomic E-state index is 14.2. The molecule has 3 rings (SSSR count). The van der Waals surface area contributed by atoms with E-state index >= 15 is 0 Å². The summed E-state index contributed by atoms with van der Waals surface area (Å²) in [7, 11) is 0. The number of benzene rings is 1. The molecule has 2 aromatic rings. The van der Waals surface area contributed by atoms with Gasteiger partial charge in [-0.2, -0.15) is 8.78 Å². The Hall–Kier alpha value is -2.32. The van der Waals surface area contributed by atoms with Crippen LogP contribution in [0.25, 0.3) is 0 Å². The molecule has 1 aliphatic heterocycles. The molecule has 2 unspecified atom stereocenters. The summed E-state index contributed by atoms with van der Waals surface area (Å²) in [5.41, 5.74) is 1.33. The minimum absolute atomic E-state index is 0.0787. The molecule has 2 N–H and O–H groups in total. The predicted octanol–water partition coefficient (Wildman–Crippen LogP) is 6.20. The van der Waals surface area contributed by atoms with Gasteiger partial charge in [0.1, 0.15) is 4.88 Å². The standard InChI is InChI=1S/C28H37F2NO4S/c1-20(9-4-2-5-10-21-11-6-3-7-12-21)24(32)16-14-22-19-28(29,30)27(35)31(22)18-8-13-23-15-17-25(36-23)26(33)34/h3,6-7,11-12,15,17,20,22,24,32H,2,4-5,8-10,13-14,16,18-19H2,1H3,(H,33,34)/t20?,22-,24?/m0/s1. The van der Waals surface area contributed by atoms with Crippen molar-refractivity contribution in [2.75, 3.05) is 6.54 Å². The number of nitrogens with zero attached hydrogens (tertiary/aromatic N) is 1. The topological polar surface area (TPSA) is 77.8 Å². The number of carboxylic acid groups (broad SMARTS) is 1. The number of alkyl halides is 2. The van der Waals surface area contributed by atoms with Gasteiger partial charge in [-0.1, -0.05) is 50.1 Å². The Morgan fingerprint density at radius 2 is 1.83 bits per heavy atom. The van der Waals surface area contributed by atoms with Gasteiger partial charge in [0, 0.05) is 23.9 Å². The van der Waals surface area contributed by atoms with Crippen molar-refractivity contribution in [2.24, 2.45) is 5.92 Å². The van der Waals surface area contributed by atoms with Crippen LogP contribution in [0.2, 0.25) is 0 Å². The Balaban J connectivity index is 1.39. The van der Waals surface area contributed by atoms with E-state index in [4.69, 9.17) is 5.11 Å². The van der Waals surface area contributed by atoms with Crippen LogP contribution in [0.5, 0.6) is 0 Å². The van der Waals surface area contributed by atoms with Gasteiger partial charge in [-0.15, -0.1) is 11.3 Å². The largest absolute Gasteiger partial charge is 0.477 e. The second-order valence-electron chi connectivity index (χ2n) is 9.94. The van der Waals surface area contributed by atoms with Crippen LogP contribution in [0.4, 0.5) is 8.78 Å². The normalized spacial score (nSPS) is 18.9. The lowest BCUT2D eigenvalue weighted by Crippen LogP contribution is -2.37. The van der Waals surface area contributed by atoms with Gasteiger partial charge in [-0.05, 0) is 68.6 Å². The second kappa shape index (κ2) is 13.3. The molecular formula is C28H37F2NO4S. The number of thiophene rings is 1. The number of likely N-dealkylation sites (tertiary alicyclic amines) is 1. The van der Waals surface area contributed by atoms with Crippen LogP contribution >= 0.6 is 11.3 Å². The van der Waals surface area contributed by atoms with E-state index in [2.05, 4.69) is 12.1 Å². The van der Waals surface area contributed by atoms with Gasteiger partial charge in [0.15, 0.2) is 0 Å². The summed E-state index contributed by atoms with van der Waals surface area (Å²) in [6.07, 6.45) is 5.81. The summed E-state index contributed by atoms with van der Waals surface area (Å²) in [5.74, 6) is -5.40. The Labute approximate surface area is 216 Å². The molecule has 8 heteroatoms. The summed E-state index contributed by atoms with van der Waals surface area (Å²) in [6.45, 7) is 2.20. The third kappa shape index (κ3) is 8.10. The lowest BCUT2D eigenvalue weighted by atomic mass is 9.92. The number of rotatable bonds is 15. The zero-order valence-corrected chi connectivity index (χ0v) is 21.7. The highest BCUT2D eigenvalue weighted by molar-refractivity contribution is 7.13. The van der Waals surface area contributed by atoms with E-state index in [9.17, 15) is 23.5 Å². The zero-order chi connectivity index (χ0) is 26.1. The van der Waals surface area contributed by atoms with Gasteiger partial charge in [0.25, 0.3) is 5.91 Å². The summed E-state index contributed by atoms with van der Waals surface area (Å²) in [6, 6.07) is 13.0. The number of halogens is 2. The van der Waals surface area contributed by atoms with Crippen molar-refractivity contribution in [3.8, 4) is 0 Å². The average molecular weight is 522 g/mol. The van der Waals surface area contributed by atoms with Gasteiger partial charge in [-0.3, -0.25) is 4.79 Å². The highest BCUT2D eigenvalue weighted by Gasteiger charge is 2.52. The highest BCUT2D eigenvalue weighted by atomic mass is 32.1. The molecule has 36 heavy (non-hydrogen) atoms. The van der Waals surface area contributed by atoms with E-state index in [0.29, 0.717) is 25.7 Å². The summed E-state index contributed by atoms with van der Waals surface area (Å²) in [5, 5.41) is 19.7. The molecule has 1 saturated heterocycles. The van der Waals surface area contributed by atoms with Crippen LogP contribution in [0.3, 0.4) is 0 Å². The number of carbonyl (C=O) groups is 2. The van der Waals surface area contributed by atoms with E-state index < -0.39 is 36.4 Å². The number of aromatic carboxylic acids is 1. The average Bonchev–Trinajstić information content (AvgIpc) is 3.41. The molecule has 1 aromatic heterocycles. The van der Waals surface area contributed by atoms with Crippen molar-refractivity contribution in [1.29, 1.82) is 0 Å². The number of aliphatic hydroxyl groups is 1. The molecule has 0 aliphatic carbocycles. The first-order chi connectivity index (χ1) is 17.2. The van der Waals surface area contributed by atoms with Crippen molar-refractivity contribution in [3.63, 3.8) is 0 Å². The van der Waals surface area contributed by atoms with E-state index in [0.717, 1.165) is 37.0 Å². The van der Waals surface area contributed by atoms with Crippen molar-refractivity contribution >= 4 is 23.2 Å². The third-order valence-corrected chi connectivity index (χ3v) is 8.25. The van der Waals surface area contributed by atoms with Gasteiger partial charge in [-0.25, -0.2) is 4.79 Å². The van der Waals surface area contributed by atoms with E-state index in [1.807, 2.05) is 25.1 Å². The van der Waals surface area contributed by atoms with E-state index in [1.54, 1.807) is 6.07 Å². The Kier molecular flexibility index (Phi) is 10.4. The van der Waals surface area contributed by atoms with Crippen molar-refractivity contribution in [2.45, 2.75) is 89.2 Å². The molecule has 2 heterocycles. The number of carboxylic acids is 1. The molecule has 0 saturated carbocycles. The van der Waals surface area contributed by atoms with E-state index in [1.165, 1.54) is 27.9 Å². The van der Waals surface area contributed by atoms with Crippen LogP contribution in [-0.2, 0) is 17.6 Å². The maximum atomic E-state index is 14.2. The summed E-state index contributed by atoms with van der Waals surface area (Å²) < 4.78 is 28.4. The molecule has 0 spiro atoms. The van der Waals surface area contributed by atoms with Crippen LogP contribution in [-0.4, -0.2) is 51.6 Å². The van der Waals surface area contributed by atoms with Gasteiger partial charge >= 0.3 is 11.9 Å². The monoisotopic (exact) mass is 521 g/mol. The smallest absolute Gasteiger partial charge is 0.345 e. The molecule has 1 fully saturated rings. The number of aryl methyl sites for hydroxylation is 2. The fourth-order valence-electron chi connectivity index (χ4n) is 4.92. The molecule has 3 atom stereocenters. The van der Waals surface area contributed by atoms with Gasteiger partial charge < -0.3 is 15.1 Å². The summed E-state index contributed by atoms with van der Waals surface area (Å²) >= 11 is 1.17. The first-order valence-electron chi connectivity index (χ1n) is 12.9. The van der Waals surface area contributed by atoms with Crippen molar-refractivity contribution in [3.05, 3.63) is 57.8 Å². The predicted molar refractivity (Wildman–Crippen MR) is 138 cm³/mol. The molecule has 1 aromatic carbocycles. The minimum atomic E-state index is -3.36. The van der Waals surface area contributed by atoms with Gasteiger partial charge in [0.2, 0.25) is 0 Å². The van der Waals surface area contributed by atoms with Crippen LogP contribution in [0, 0.1) is 5.92 Å². The van der Waals surface area contributed by atoms with Gasteiger partial charge in [0.05, 0.1) is 6.10 Å². The fourth-order valence-corrected chi connectivity index (χ4v) is 5.81. The van der Waals surface area contributed by atoms with Crippen LogP contribution in [0.15, 0.2) is 42.5 Å². The number of hydrogen-bond donors (Lipinski definition) is 2. The van der Waals surface area contributed by atoms with Crippen LogP contribution < -0.4 is 0 Å². The molecular weight excluding hydrogens is 484 g/mol. The number of unbranched alkanes of at least 4 members (excludes halogenated alkanes) is 2. The SMILES string of the molecule is CC(CCCCCc1ccccc1)C(O)CC[C@H]1CC(F)(F)C(=O)N1CCCc1ccc(C(=O)O)s1. The minimum Gasteiger partial charge on any atom is -0.477 e. The molecule has 0 radical (unpaired) electrons. The first kappa shape index (κ1) is 28.3. The van der Waals surface area contributed by atoms with Crippen LogP contribution in [0.1, 0.15) is 78.4 Å². The number of hydrogen-bond acceptors (Lipinski definition) is 4. The fraction of sp³-hybridized carbons (Fsp3) is 0.571. The molecule has 1 aliphatic rings. The molecule has 198 valence electrons. The highest BCUT2D eigenvalue weighted by Crippen LogP contribution is 2.36. The lowest BCUT2D eigenvalue weighted by Gasteiger charge is -2.26. The first-order valence-corrected chi connectivity index (χ1v) is 13.7. The van der Waals surface area contributed by atoms with Crippen molar-refractivity contribution < 1.29 is 28.6 Å². The zero-order valence-electron chi connectivity index (χ0n) is 20.9. The Morgan fingerprint density at radius 1 is 1.08 bits per heavy atom. The van der Waals surface area contributed by atoms with Crippen molar-refractivity contribution in [1.82, 2.24) is 4.90 Å². The number of amides is 1. The molecule has 0 bridgehead atoms. The second-order valence-corrected chi connectivity index (χ2v) is 11.1.